The Morgan fingerprint density at radius 3 is 2.68 bits per heavy atom. The summed E-state index contributed by atoms with van der Waals surface area (Å²) < 4.78 is 5.78. The van der Waals surface area contributed by atoms with Crippen LogP contribution in [0.25, 0.3) is 0 Å². The molecule has 106 valence electrons. The highest BCUT2D eigenvalue weighted by Gasteiger charge is 2.18. The summed E-state index contributed by atoms with van der Waals surface area (Å²) in [5.41, 5.74) is 0.930. The van der Waals surface area contributed by atoms with E-state index in [-0.39, 0.29) is 0 Å². The SMILES string of the molecule is C[C@@H](O)c1ccc(OCCC2CCCCN2C)cc1. The molecule has 2 atom stereocenters. The highest BCUT2D eigenvalue weighted by Crippen LogP contribution is 2.20. The van der Waals surface area contributed by atoms with Gasteiger partial charge in [0.1, 0.15) is 5.75 Å². The van der Waals surface area contributed by atoms with Gasteiger partial charge in [-0.15, -0.1) is 0 Å². The number of nitrogens with zero attached hydrogens (tertiary/aromatic N) is 1. The van der Waals surface area contributed by atoms with Gasteiger partial charge in [0.05, 0.1) is 12.7 Å². The van der Waals surface area contributed by atoms with Crippen LogP contribution in [-0.2, 0) is 0 Å². The zero-order chi connectivity index (χ0) is 13.7. The molecule has 0 aliphatic carbocycles. The Kier molecular flexibility index (Phi) is 5.23. The monoisotopic (exact) mass is 263 g/mol. The maximum absolute atomic E-state index is 9.44. The summed E-state index contributed by atoms with van der Waals surface area (Å²) in [5.74, 6) is 0.892. The van der Waals surface area contributed by atoms with Crippen molar-refractivity contribution in [3.63, 3.8) is 0 Å². The fourth-order valence-corrected chi connectivity index (χ4v) is 2.66. The minimum absolute atomic E-state index is 0.412. The Morgan fingerprint density at radius 2 is 2.05 bits per heavy atom. The van der Waals surface area contributed by atoms with Crippen molar-refractivity contribution in [2.24, 2.45) is 0 Å². The second kappa shape index (κ2) is 6.92. The molecular formula is C16H25NO2. The smallest absolute Gasteiger partial charge is 0.119 e. The first-order valence-corrected chi connectivity index (χ1v) is 7.28. The second-order valence-corrected chi connectivity index (χ2v) is 5.51. The van der Waals surface area contributed by atoms with E-state index in [1.165, 1.54) is 25.8 Å². The average Bonchev–Trinajstić information content (AvgIpc) is 2.41. The molecule has 19 heavy (non-hydrogen) atoms. The highest BCUT2D eigenvalue weighted by molar-refractivity contribution is 5.28. The first-order valence-electron chi connectivity index (χ1n) is 7.28. The Balaban J connectivity index is 1.75. The van der Waals surface area contributed by atoms with Crippen LogP contribution in [-0.4, -0.2) is 36.2 Å². The summed E-state index contributed by atoms with van der Waals surface area (Å²) in [6, 6.07) is 8.39. The number of aliphatic hydroxyl groups is 1. The standard InChI is InChI=1S/C16H25NO2/c1-13(18)14-6-8-16(9-7-14)19-12-10-15-5-3-4-11-17(15)2/h6-9,13,15,18H,3-5,10-12H2,1-2H3/t13-,15?/m1/s1. The average molecular weight is 263 g/mol. The van der Waals surface area contributed by atoms with Gasteiger partial charge in [-0.05, 0) is 57.5 Å². The normalized spacial score (nSPS) is 22.2. The summed E-state index contributed by atoms with van der Waals surface area (Å²) in [6.07, 6.45) is 4.65. The summed E-state index contributed by atoms with van der Waals surface area (Å²) in [5, 5.41) is 9.44. The van der Waals surface area contributed by atoms with E-state index in [0.717, 1.165) is 24.3 Å². The molecule has 1 aromatic carbocycles. The Morgan fingerprint density at radius 1 is 1.32 bits per heavy atom. The van der Waals surface area contributed by atoms with Gasteiger partial charge in [0.25, 0.3) is 0 Å². The van der Waals surface area contributed by atoms with Crippen LogP contribution in [0.15, 0.2) is 24.3 Å². The van der Waals surface area contributed by atoms with Gasteiger partial charge in [0.15, 0.2) is 0 Å². The topological polar surface area (TPSA) is 32.7 Å². The van der Waals surface area contributed by atoms with Crippen LogP contribution in [0.2, 0.25) is 0 Å². The van der Waals surface area contributed by atoms with E-state index in [4.69, 9.17) is 4.74 Å². The minimum atomic E-state index is -0.412. The van der Waals surface area contributed by atoms with Crippen molar-refractivity contribution in [1.29, 1.82) is 0 Å². The molecular weight excluding hydrogens is 238 g/mol. The molecule has 0 aromatic heterocycles. The molecule has 1 aliphatic heterocycles. The Labute approximate surface area is 116 Å². The zero-order valence-electron chi connectivity index (χ0n) is 12.0. The molecule has 2 rings (SSSR count). The molecule has 0 amide bonds. The van der Waals surface area contributed by atoms with E-state index in [2.05, 4.69) is 11.9 Å². The lowest BCUT2D eigenvalue weighted by Gasteiger charge is -2.32. The van der Waals surface area contributed by atoms with Crippen LogP contribution < -0.4 is 4.74 Å². The van der Waals surface area contributed by atoms with Crippen LogP contribution in [0.3, 0.4) is 0 Å². The number of benzene rings is 1. The first kappa shape index (κ1) is 14.4. The Bertz CT molecular complexity index is 375. The number of piperidine rings is 1. The first-order chi connectivity index (χ1) is 9.16. The van der Waals surface area contributed by atoms with Gasteiger partial charge in [0, 0.05) is 6.04 Å². The molecule has 0 saturated carbocycles. The van der Waals surface area contributed by atoms with Crippen molar-refractivity contribution in [2.45, 2.75) is 44.8 Å². The van der Waals surface area contributed by atoms with Crippen LogP contribution in [0.4, 0.5) is 0 Å². The predicted molar refractivity (Wildman–Crippen MR) is 77.5 cm³/mol. The van der Waals surface area contributed by atoms with Gasteiger partial charge >= 0.3 is 0 Å². The van der Waals surface area contributed by atoms with Gasteiger partial charge in [-0.2, -0.15) is 0 Å². The third-order valence-corrected chi connectivity index (χ3v) is 4.00. The quantitative estimate of drug-likeness (QED) is 0.886. The van der Waals surface area contributed by atoms with Crippen molar-refractivity contribution in [2.75, 3.05) is 20.2 Å². The predicted octanol–water partition coefficient (Wildman–Crippen LogP) is 2.99. The van der Waals surface area contributed by atoms with E-state index in [9.17, 15) is 5.11 Å². The molecule has 1 aromatic rings. The Hall–Kier alpha value is -1.06. The molecule has 1 heterocycles. The number of likely N-dealkylation sites (tertiary alicyclic amines) is 1. The summed E-state index contributed by atoms with van der Waals surface area (Å²) in [6.45, 7) is 3.76. The van der Waals surface area contributed by atoms with Crippen LogP contribution in [0.5, 0.6) is 5.75 Å². The molecule has 1 N–H and O–H groups in total. The maximum Gasteiger partial charge on any atom is 0.119 e. The summed E-state index contributed by atoms with van der Waals surface area (Å²) >= 11 is 0. The van der Waals surface area contributed by atoms with E-state index in [0.29, 0.717) is 6.04 Å². The number of hydrogen-bond acceptors (Lipinski definition) is 3. The summed E-state index contributed by atoms with van der Waals surface area (Å²) in [7, 11) is 2.21. The third kappa shape index (κ3) is 4.22. The second-order valence-electron chi connectivity index (χ2n) is 5.51. The number of ether oxygens (including phenoxy) is 1. The van der Waals surface area contributed by atoms with E-state index >= 15 is 0 Å². The lowest BCUT2D eigenvalue weighted by Crippen LogP contribution is -2.37. The van der Waals surface area contributed by atoms with Gasteiger partial charge in [-0.1, -0.05) is 18.6 Å². The van der Waals surface area contributed by atoms with E-state index < -0.39 is 6.10 Å². The third-order valence-electron chi connectivity index (χ3n) is 4.00. The van der Waals surface area contributed by atoms with Crippen LogP contribution in [0.1, 0.15) is 44.3 Å². The van der Waals surface area contributed by atoms with Crippen LogP contribution in [0, 0.1) is 0 Å². The number of hydrogen-bond donors (Lipinski definition) is 1. The van der Waals surface area contributed by atoms with Crippen molar-refractivity contribution in [1.82, 2.24) is 4.90 Å². The lowest BCUT2D eigenvalue weighted by molar-refractivity contribution is 0.153. The van der Waals surface area contributed by atoms with Crippen molar-refractivity contribution >= 4 is 0 Å². The molecule has 1 saturated heterocycles. The summed E-state index contributed by atoms with van der Waals surface area (Å²) in [4.78, 5) is 2.45. The van der Waals surface area contributed by atoms with E-state index in [1.54, 1.807) is 6.92 Å². The number of rotatable bonds is 5. The number of aliphatic hydroxyl groups excluding tert-OH is 1. The minimum Gasteiger partial charge on any atom is -0.494 e. The molecule has 1 fully saturated rings. The van der Waals surface area contributed by atoms with Gasteiger partial charge in [-0.3, -0.25) is 0 Å². The molecule has 0 radical (unpaired) electrons. The van der Waals surface area contributed by atoms with Crippen molar-refractivity contribution in [3.05, 3.63) is 29.8 Å². The maximum atomic E-state index is 9.44. The molecule has 1 aliphatic rings. The fraction of sp³-hybridized carbons (Fsp3) is 0.625. The van der Waals surface area contributed by atoms with Gasteiger partial charge in [-0.25, -0.2) is 0 Å². The van der Waals surface area contributed by atoms with Crippen molar-refractivity contribution in [3.8, 4) is 5.75 Å². The van der Waals surface area contributed by atoms with E-state index in [1.807, 2.05) is 24.3 Å². The van der Waals surface area contributed by atoms with Crippen LogP contribution >= 0.6 is 0 Å². The van der Waals surface area contributed by atoms with Gasteiger partial charge in [0.2, 0.25) is 0 Å². The molecule has 0 spiro atoms. The largest absolute Gasteiger partial charge is 0.494 e. The lowest BCUT2D eigenvalue weighted by atomic mass is 10.0. The molecule has 0 bridgehead atoms. The highest BCUT2D eigenvalue weighted by atomic mass is 16.5. The molecule has 3 heteroatoms. The molecule has 3 nitrogen and oxygen atoms in total. The van der Waals surface area contributed by atoms with Crippen molar-refractivity contribution < 1.29 is 9.84 Å². The zero-order valence-corrected chi connectivity index (χ0v) is 12.0. The fourth-order valence-electron chi connectivity index (χ4n) is 2.66. The van der Waals surface area contributed by atoms with Gasteiger partial charge < -0.3 is 14.7 Å². The molecule has 1 unspecified atom stereocenters.